The van der Waals surface area contributed by atoms with Crippen molar-refractivity contribution < 1.29 is 14.7 Å². The molecule has 1 aromatic carbocycles. The fourth-order valence-corrected chi connectivity index (χ4v) is 1.96. The number of aryl methyl sites for hydroxylation is 2. The second kappa shape index (κ2) is 6.07. The van der Waals surface area contributed by atoms with Gasteiger partial charge in [0.15, 0.2) is 0 Å². The number of nitrogens with one attached hydrogen (secondary N) is 1. The Kier molecular flexibility index (Phi) is 4.93. The molecule has 0 bridgehead atoms. The molecule has 4 heteroatoms. The van der Waals surface area contributed by atoms with Crippen LogP contribution in [0.4, 0.5) is 0 Å². The highest BCUT2D eigenvalue weighted by Crippen LogP contribution is 2.19. The molecule has 0 radical (unpaired) electrons. The van der Waals surface area contributed by atoms with Crippen LogP contribution in [-0.4, -0.2) is 23.0 Å². The quantitative estimate of drug-likeness (QED) is 0.888. The van der Waals surface area contributed by atoms with Crippen LogP contribution in [-0.2, 0) is 16.0 Å². The van der Waals surface area contributed by atoms with Crippen LogP contribution in [0.3, 0.4) is 0 Å². The standard InChI is InChI=1S/C16H23NO3/c1-10-6-7-12(8-11(10)2)9-13(18)17-14(15(19)20)16(3,4)5/h6-8,14H,9H2,1-5H3,(H,17,18)(H,19,20). The van der Waals surface area contributed by atoms with Crippen LogP contribution in [0.15, 0.2) is 18.2 Å². The van der Waals surface area contributed by atoms with Crippen LogP contribution >= 0.6 is 0 Å². The largest absolute Gasteiger partial charge is 0.480 e. The average molecular weight is 277 g/mol. The Hall–Kier alpha value is -1.84. The van der Waals surface area contributed by atoms with Crippen LogP contribution in [0, 0.1) is 19.3 Å². The van der Waals surface area contributed by atoms with Crippen molar-refractivity contribution in [3.63, 3.8) is 0 Å². The van der Waals surface area contributed by atoms with E-state index in [4.69, 9.17) is 0 Å². The van der Waals surface area contributed by atoms with Crippen LogP contribution in [0.5, 0.6) is 0 Å². The number of hydrogen-bond acceptors (Lipinski definition) is 2. The lowest BCUT2D eigenvalue weighted by atomic mass is 9.86. The Bertz CT molecular complexity index is 515. The molecule has 0 aliphatic heterocycles. The van der Waals surface area contributed by atoms with Gasteiger partial charge in [-0.05, 0) is 36.0 Å². The summed E-state index contributed by atoms with van der Waals surface area (Å²) in [7, 11) is 0. The predicted octanol–water partition coefficient (Wildman–Crippen LogP) is 2.46. The van der Waals surface area contributed by atoms with E-state index in [0.717, 1.165) is 11.1 Å². The van der Waals surface area contributed by atoms with Gasteiger partial charge in [-0.15, -0.1) is 0 Å². The molecule has 0 spiro atoms. The van der Waals surface area contributed by atoms with Gasteiger partial charge >= 0.3 is 5.97 Å². The van der Waals surface area contributed by atoms with Gasteiger partial charge in [-0.1, -0.05) is 39.0 Å². The van der Waals surface area contributed by atoms with E-state index in [1.165, 1.54) is 5.56 Å². The molecular formula is C16H23NO3. The van der Waals surface area contributed by atoms with E-state index in [1.807, 2.05) is 32.0 Å². The molecular weight excluding hydrogens is 254 g/mol. The summed E-state index contributed by atoms with van der Waals surface area (Å²) in [5.41, 5.74) is 2.67. The maximum Gasteiger partial charge on any atom is 0.326 e. The summed E-state index contributed by atoms with van der Waals surface area (Å²) in [5, 5.41) is 11.8. The van der Waals surface area contributed by atoms with Crippen molar-refractivity contribution in [1.29, 1.82) is 0 Å². The summed E-state index contributed by atoms with van der Waals surface area (Å²) in [5.74, 6) is -1.28. The molecule has 0 saturated heterocycles. The van der Waals surface area contributed by atoms with Crippen LogP contribution < -0.4 is 5.32 Å². The summed E-state index contributed by atoms with van der Waals surface area (Å²) in [6.07, 6.45) is 0.195. The maximum atomic E-state index is 12.0. The number of carboxylic acids is 1. The fourth-order valence-electron chi connectivity index (χ4n) is 1.96. The molecule has 0 fully saturated rings. The number of amides is 1. The number of carbonyl (C=O) groups excluding carboxylic acids is 1. The summed E-state index contributed by atoms with van der Waals surface area (Å²) < 4.78 is 0. The van der Waals surface area contributed by atoms with Crippen molar-refractivity contribution in [2.45, 2.75) is 47.1 Å². The SMILES string of the molecule is Cc1ccc(CC(=O)NC(C(=O)O)C(C)(C)C)cc1C. The van der Waals surface area contributed by atoms with E-state index in [9.17, 15) is 14.7 Å². The highest BCUT2D eigenvalue weighted by Gasteiger charge is 2.32. The van der Waals surface area contributed by atoms with Gasteiger partial charge in [-0.3, -0.25) is 4.79 Å². The first kappa shape index (κ1) is 16.2. The molecule has 0 heterocycles. The van der Waals surface area contributed by atoms with E-state index in [0.29, 0.717) is 0 Å². The Labute approximate surface area is 120 Å². The van der Waals surface area contributed by atoms with E-state index >= 15 is 0 Å². The predicted molar refractivity (Wildman–Crippen MR) is 78.6 cm³/mol. The maximum absolute atomic E-state index is 12.0. The molecule has 4 nitrogen and oxygen atoms in total. The molecule has 1 aromatic rings. The zero-order valence-electron chi connectivity index (χ0n) is 12.8. The molecule has 0 aliphatic carbocycles. The fraction of sp³-hybridized carbons (Fsp3) is 0.500. The van der Waals surface area contributed by atoms with Crippen molar-refractivity contribution in [2.24, 2.45) is 5.41 Å². The Morgan fingerprint density at radius 2 is 1.80 bits per heavy atom. The van der Waals surface area contributed by atoms with Gasteiger partial charge in [0.05, 0.1) is 6.42 Å². The molecule has 2 N–H and O–H groups in total. The first-order valence-corrected chi connectivity index (χ1v) is 6.69. The van der Waals surface area contributed by atoms with Crippen molar-refractivity contribution in [3.05, 3.63) is 34.9 Å². The zero-order chi connectivity index (χ0) is 15.5. The Morgan fingerprint density at radius 1 is 1.20 bits per heavy atom. The van der Waals surface area contributed by atoms with Gasteiger partial charge in [-0.2, -0.15) is 0 Å². The molecule has 1 atom stereocenters. The summed E-state index contributed by atoms with van der Waals surface area (Å²) >= 11 is 0. The van der Waals surface area contributed by atoms with Crippen molar-refractivity contribution >= 4 is 11.9 Å². The van der Waals surface area contributed by atoms with Crippen molar-refractivity contribution in [3.8, 4) is 0 Å². The molecule has 1 rings (SSSR count). The van der Waals surface area contributed by atoms with Gasteiger partial charge < -0.3 is 10.4 Å². The molecule has 20 heavy (non-hydrogen) atoms. The normalized spacial score (nSPS) is 12.8. The van der Waals surface area contributed by atoms with Gasteiger partial charge in [0.1, 0.15) is 6.04 Å². The lowest BCUT2D eigenvalue weighted by Gasteiger charge is -2.27. The van der Waals surface area contributed by atoms with E-state index in [2.05, 4.69) is 5.32 Å². The van der Waals surface area contributed by atoms with Crippen LogP contribution in [0.1, 0.15) is 37.5 Å². The zero-order valence-corrected chi connectivity index (χ0v) is 12.8. The van der Waals surface area contributed by atoms with Gasteiger partial charge in [0, 0.05) is 0 Å². The minimum absolute atomic E-state index is 0.195. The third kappa shape index (κ3) is 4.37. The van der Waals surface area contributed by atoms with Crippen molar-refractivity contribution in [2.75, 3.05) is 0 Å². The van der Waals surface area contributed by atoms with Crippen LogP contribution in [0.25, 0.3) is 0 Å². The van der Waals surface area contributed by atoms with E-state index < -0.39 is 17.4 Å². The second-order valence-corrected chi connectivity index (χ2v) is 6.30. The number of hydrogen-bond donors (Lipinski definition) is 2. The second-order valence-electron chi connectivity index (χ2n) is 6.30. The average Bonchev–Trinajstić information content (AvgIpc) is 2.29. The third-order valence-electron chi connectivity index (χ3n) is 3.35. The highest BCUT2D eigenvalue weighted by atomic mass is 16.4. The summed E-state index contributed by atoms with van der Waals surface area (Å²) in [4.78, 5) is 23.2. The van der Waals surface area contributed by atoms with Crippen LogP contribution in [0.2, 0.25) is 0 Å². The monoisotopic (exact) mass is 277 g/mol. The third-order valence-corrected chi connectivity index (χ3v) is 3.35. The molecule has 1 amide bonds. The van der Waals surface area contributed by atoms with E-state index in [1.54, 1.807) is 20.8 Å². The minimum Gasteiger partial charge on any atom is -0.480 e. The first-order chi connectivity index (χ1) is 9.11. The summed E-state index contributed by atoms with van der Waals surface area (Å²) in [6, 6.07) is 4.94. The Morgan fingerprint density at radius 3 is 2.25 bits per heavy atom. The minimum atomic E-state index is -1.01. The molecule has 1 unspecified atom stereocenters. The lowest BCUT2D eigenvalue weighted by molar-refractivity contribution is -0.144. The molecule has 110 valence electrons. The van der Waals surface area contributed by atoms with Gasteiger partial charge in [-0.25, -0.2) is 4.79 Å². The van der Waals surface area contributed by atoms with E-state index in [-0.39, 0.29) is 12.3 Å². The number of aliphatic carboxylic acids is 1. The lowest BCUT2D eigenvalue weighted by Crippen LogP contribution is -2.49. The topological polar surface area (TPSA) is 66.4 Å². The van der Waals surface area contributed by atoms with Gasteiger partial charge in [0.2, 0.25) is 5.91 Å². The van der Waals surface area contributed by atoms with Crippen molar-refractivity contribution in [1.82, 2.24) is 5.32 Å². The Balaban J connectivity index is 2.76. The number of benzene rings is 1. The number of carboxylic acid groups (broad SMARTS) is 1. The first-order valence-electron chi connectivity index (χ1n) is 6.69. The summed E-state index contributed by atoms with van der Waals surface area (Å²) in [6.45, 7) is 9.39. The molecule has 0 aromatic heterocycles. The molecule has 0 aliphatic rings. The number of rotatable bonds is 4. The smallest absolute Gasteiger partial charge is 0.326 e. The highest BCUT2D eigenvalue weighted by molar-refractivity contribution is 5.85. The molecule has 0 saturated carbocycles. The number of carbonyl (C=O) groups is 2. The van der Waals surface area contributed by atoms with Gasteiger partial charge in [0.25, 0.3) is 0 Å².